The predicted molar refractivity (Wildman–Crippen MR) is 92.7 cm³/mol. The summed E-state index contributed by atoms with van der Waals surface area (Å²) in [4.78, 5) is 18.5. The van der Waals surface area contributed by atoms with Gasteiger partial charge in [0.25, 0.3) is 5.91 Å². The first-order valence-corrected chi connectivity index (χ1v) is 9.11. The van der Waals surface area contributed by atoms with E-state index < -0.39 is 0 Å². The van der Waals surface area contributed by atoms with Gasteiger partial charge in [-0.1, -0.05) is 6.07 Å². The van der Waals surface area contributed by atoms with Gasteiger partial charge in [-0.05, 0) is 36.1 Å². The van der Waals surface area contributed by atoms with E-state index in [9.17, 15) is 4.79 Å². The smallest absolute Gasteiger partial charge is 0.254 e. The zero-order valence-electron chi connectivity index (χ0n) is 13.4. The molecule has 0 atom stereocenters. The Bertz CT molecular complexity index is 717. The third-order valence-corrected chi connectivity index (χ3v) is 5.32. The average Bonchev–Trinajstić information content (AvgIpc) is 3.22. The van der Waals surface area contributed by atoms with E-state index in [1.807, 2.05) is 17.0 Å². The molecule has 1 aromatic heterocycles. The lowest BCUT2D eigenvalue weighted by molar-refractivity contribution is 0.0760. The van der Waals surface area contributed by atoms with Gasteiger partial charge in [-0.2, -0.15) is 0 Å². The van der Waals surface area contributed by atoms with Gasteiger partial charge in [0.2, 0.25) is 6.79 Å². The van der Waals surface area contributed by atoms with Crippen molar-refractivity contribution in [2.45, 2.75) is 13.0 Å². The summed E-state index contributed by atoms with van der Waals surface area (Å²) in [5.74, 6) is 1.45. The fourth-order valence-electron chi connectivity index (χ4n) is 3.17. The van der Waals surface area contributed by atoms with E-state index in [0.29, 0.717) is 17.1 Å². The highest BCUT2D eigenvalue weighted by atomic mass is 32.1. The van der Waals surface area contributed by atoms with Gasteiger partial charge in [0.15, 0.2) is 11.5 Å². The molecule has 0 N–H and O–H groups in total. The van der Waals surface area contributed by atoms with E-state index in [1.54, 1.807) is 17.4 Å². The van der Waals surface area contributed by atoms with E-state index in [2.05, 4.69) is 22.4 Å². The number of fused-ring (bicyclic) bond motifs is 1. The second kappa shape index (κ2) is 6.83. The number of carbonyl (C=O) groups is 1. The number of nitrogens with zero attached hydrogens (tertiary/aromatic N) is 2. The van der Waals surface area contributed by atoms with Gasteiger partial charge >= 0.3 is 0 Å². The molecule has 5 nitrogen and oxygen atoms in total. The average molecular weight is 344 g/mol. The third-order valence-electron chi connectivity index (χ3n) is 4.45. The SMILES string of the molecule is O=C(c1ccc2c(c1)OCO2)N1CCCN(Cc2cccs2)CC1. The van der Waals surface area contributed by atoms with Gasteiger partial charge in [0.05, 0.1) is 0 Å². The number of ether oxygens (including phenoxy) is 2. The predicted octanol–water partition coefficient (Wildman–Crippen LogP) is 2.82. The summed E-state index contributed by atoms with van der Waals surface area (Å²) in [5, 5.41) is 2.11. The number of rotatable bonds is 3. The molecule has 24 heavy (non-hydrogen) atoms. The van der Waals surface area contributed by atoms with Gasteiger partial charge in [-0.3, -0.25) is 9.69 Å². The molecular weight excluding hydrogens is 324 g/mol. The van der Waals surface area contributed by atoms with Crippen LogP contribution >= 0.6 is 11.3 Å². The van der Waals surface area contributed by atoms with E-state index in [0.717, 1.165) is 39.1 Å². The molecule has 0 unspecified atom stereocenters. The Morgan fingerprint density at radius 1 is 1.08 bits per heavy atom. The summed E-state index contributed by atoms with van der Waals surface area (Å²) >= 11 is 1.79. The molecule has 0 saturated carbocycles. The van der Waals surface area contributed by atoms with Crippen LogP contribution in [0.2, 0.25) is 0 Å². The van der Waals surface area contributed by atoms with Gasteiger partial charge in [-0.25, -0.2) is 0 Å². The van der Waals surface area contributed by atoms with Crippen LogP contribution in [0.4, 0.5) is 0 Å². The molecule has 2 aliphatic rings. The Morgan fingerprint density at radius 2 is 2.00 bits per heavy atom. The molecule has 0 bridgehead atoms. The van der Waals surface area contributed by atoms with Gasteiger partial charge in [0.1, 0.15) is 0 Å². The van der Waals surface area contributed by atoms with E-state index in [1.165, 1.54) is 4.88 Å². The molecule has 2 aliphatic heterocycles. The highest BCUT2D eigenvalue weighted by Gasteiger charge is 2.22. The topological polar surface area (TPSA) is 42.0 Å². The second-order valence-corrected chi connectivity index (χ2v) is 7.10. The lowest BCUT2D eigenvalue weighted by atomic mass is 10.1. The Morgan fingerprint density at radius 3 is 2.88 bits per heavy atom. The summed E-state index contributed by atoms with van der Waals surface area (Å²) in [5.41, 5.74) is 0.672. The van der Waals surface area contributed by atoms with Crippen molar-refractivity contribution in [3.05, 3.63) is 46.2 Å². The van der Waals surface area contributed by atoms with Crippen molar-refractivity contribution >= 4 is 17.2 Å². The molecule has 1 amide bonds. The quantitative estimate of drug-likeness (QED) is 0.859. The van der Waals surface area contributed by atoms with Gasteiger partial charge in [-0.15, -0.1) is 11.3 Å². The number of hydrogen-bond donors (Lipinski definition) is 0. The number of hydrogen-bond acceptors (Lipinski definition) is 5. The molecule has 4 rings (SSSR count). The molecule has 1 saturated heterocycles. The molecule has 1 fully saturated rings. The first kappa shape index (κ1) is 15.5. The maximum absolute atomic E-state index is 12.8. The number of amides is 1. The number of thiophene rings is 1. The van der Waals surface area contributed by atoms with Gasteiger partial charge in [0, 0.05) is 43.2 Å². The van der Waals surface area contributed by atoms with Crippen LogP contribution in [0, 0.1) is 0 Å². The molecule has 126 valence electrons. The van der Waals surface area contributed by atoms with Crippen LogP contribution in [-0.2, 0) is 6.54 Å². The highest BCUT2D eigenvalue weighted by molar-refractivity contribution is 7.09. The van der Waals surface area contributed by atoms with Crippen molar-refractivity contribution in [3.8, 4) is 11.5 Å². The zero-order valence-corrected chi connectivity index (χ0v) is 14.3. The lowest BCUT2D eigenvalue weighted by Gasteiger charge is -2.22. The molecule has 1 aromatic carbocycles. The summed E-state index contributed by atoms with van der Waals surface area (Å²) < 4.78 is 10.7. The molecular formula is C18H20N2O3S. The van der Waals surface area contributed by atoms with Crippen LogP contribution in [0.5, 0.6) is 11.5 Å². The van der Waals surface area contributed by atoms with Crippen molar-refractivity contribution in [3.63, 3.8) is 0 Å². The van der Waals surface area contributed by atoms with Crippen LogP contribution in [0.3, 0.4) is 0 Å². The monoisotopic (exact) mass is 344 g/mol. The van der Waals surface area contributed by atoms with Crippen LogP contribution in [0.15, 0.2) is 35.7 Å². The Labute approximate surface area is 145 Å². The van der Waals surface area contributed by atoms with Gasteiger partial charge < -0.3 is 14.4 Å². The van der Waals surface area contributed by atoms with E-state index in [-0.39, 0.29) is 12.7 Å². The van der Waals surface area contributed by atoms with Crippen molar-refractivity contribution in [1.29, 1.82) is 0 Å². The normalized spacial score (nSPS) is 17.8. The van der Waals surface area contributed by atoms with E-state index >= 15 is 0 Å². The molecule has 0 aliphatic carbocycles. The minimum absolute atomic E-state index is 0.0753. The molecule has 3 heterocycles. The molecule has 0 spiro atoms. The van der Waals surface area contributed by atoms with Crippen molar-refractivity contribution in [2.24, 2.45) is 0 Å². The first-order chi connectivity index (χ1) is 11.8. The first-order valence-electron chi connectivity index (χ1n) is 8.23. The minimum atomic E-state index is 0.0753. The Kier molecular flexibility index (Phi) is 4.40. The molecule has 6 heteroatoms. The molecule has 2 aromatic rings. The fraction of sp³-hybridized carbons (Fsp3) is 0.389. The standard InChI is InChI=1S/C18H20N2O3S/c21-18(14-4-5-16-17(11-14)23-13-22-16)20-7-2-6-19(8-9-20)12-15-3-1-10-24-15/h1,3-5,10-11H,2,6-9,12-13H2. The lowest BCUT2D eigenvalue weighted by Crippen LogP contribution is -2.35. The van der Waals surface area contributed by atoms with Crippen molar-refractivity contribution in [1.82, 2.24) is 9.80 Å². The number of carbonyl (C=O) groups excluding carboxylic acids is 1. The van der Waals surface area contributed by atoms with Crippen LogP contribution in [-0.4, -0.2) is 48.7 Å². The fourth-order valence-corrected chi connectivity index (χ4v) is 3.91. The second-order valence-electron chi connectivity index (χ2n) is 6.07. The van der Waals surface area contributed by atoms with Crippen LogP contribution in [0.25, 0.3) is 0 Å². The molecule has 0 radical (unpaired) electrons. The number of benzene rings is 1. The van der Waals surface area contributed by atoms with Crippen LogP contribution in [0.1, 0.15) is 21.7 Å². The van der Waals surface area contributed by atoms with Crippen molar-refractivity contribution in [2.75, 3.05) is 33.0 Å². The maximum atomic E-state index is 12.8. The third kappa shape index (κ3) is 3.25. The van der Waals surface area contributed by atoms with Crippen LogP contribution < -0.4 is 9.47 Å². The van der Waals surface area contributed by atoms with Crippen molar-refractivity contribution < 1.29 is 14.3 Å². The summed E-state index contributed by atoms with van der Waals surface area (Å²) in [7, 11) is 0. The zero-order chi connectivity index (χ0) is 16.4. The minimum Gasteiger partial charge on any atom is -0.454 e. The summed E-state index contributed by atoms with van der Waals surface area (Å²) in [6, 6.07) is 9.69. The summed E-state index contributed by atoms with van der Waals surface area (Å²) in [6.45, 7) is 4.71. The Balaban J connectivity index is 1.40. The van der Waals surface area contributed by atoms with E-state index in [4.69, 9.17) is 9.47 Å². The largest absolute Gasteiger partial charge is 0.454 e. The summed E-state index contributed by atoms with van der Waals surface area (Å²) in [6.07, 6.45) is 1.00. The maximum Gasteiger partial charge on any atom is 0.254 e. The Hall–Kier alpha value is -2.05. The highest BCUT2D eigenvalue weighted by Crippen LogP contribution is 2.32.